The molecule has 2 heteroatoms. The van der Waals surface area contributed by atoms with E-state index in [0.29, 0.717) is 11.8 Å². The van der Waals surface area contributed by atoms with Crippen LogP contribution in [0.15, 0.2) is 67.1 Å². The molecule has 0 aliphatic heterocycles. The molecule has 0 aliphatic rings. The third-order valence-electron chi connectivity index (χ3n) is 7.13. The van der Waals surface area contributed by atoms with Gasteiger partial charge in [0.2, 0.25) is 0 Å². The van der Waals surface area contributed by atoms with Gasteiger partial charge in [0.05, 0.1) is 0 Å². The average Bonchev–Trinajstić information content (AvgIpc) is 3.21. The highest BCUT2D eigenvalue weighted by atomic mass is 15.1. The molecule has 2 heterocycles. The number of para-hydroxylation sites is 1. The van der Waals surface area contributed by atoms with Crippen LogP contribution in [0.2, 0.25) is 0 Å². The van der Waals surface area contributed by atoms with E-state index in [-0.39, 0.29) is 10.8 Å². The van der Waals surface area contributed by atoms with Crippen LogP contribution in [-0.2, 0) is 10.8 Å². The fourth-order valence-corrected chi connectivity index (χ4v) is 4.88. The lowest BCUT2D eigenvalue weighted by molar-refractivity contribution is -0.595. The van der Waals surface area contributed by atoms with Crippen LogP contribution in [0.3, 0.4) is 0 Å². The smallest absolute Gasteiger partial charge is 0.201 e. The standard InChI is InChI=1S/C33H43N2/c1-22(2)28-14-12-15-29(23(3)4)31(28)34-20-27-13-11-16-30(35(27)21-34)24-17-25(32(5,6)7)19-26(18-24)33(8,9)10/h11-23H,1-10H3/q+1. The van der Waals surface area contributed by atoms with Crippen molar-refractivity contribution < 1.29 is 4.57 Å². The van der Waals surface area contributed by atoms with Gasteiger partial charge in [-0.25, -0.2) is 4.57 Å². The third-order valence-corrected chi connectivity index (χ3v) is 7.13. The molecule has 2 nitrogen and oxygen atoms in total. The highest BCUT2D eigenvalue weighted by Crippen LogP contribution is 2.34. The highest BCUT2D eigenvalue weighted by molar-refractivity contribution is 5.67. The Labute approximate surface area is 212 Å². The first-order valence-corrected chi connectivity index (χ1v) is 13.1. The lowest BCUT2D eigenvalue weighted by Gasteiger charge is -2.26. The van der Waals surface area contributed by atoms with Crippen molar-refractivity contribution in [2.75, 3.05) is 0 Å². The summed E-state index contributed by atoms with van der Waals surface area (Å²) in [5, 5.41) is 0. The van der Waals surface area contributed by atoms with E-state index in [2.05, 4.69) is 145 Å². The van der Waals surface area contributed by atoms with E-state index in [0.717, 1.165) is 0 Å². The number of rotatable bonds is 4. The topological polar surface area (TPSA) is 8.29 Å². The van der Waals surface area contributed by atoms with Crippen molar-refractivity contribution in [2.24, 2.45) is 0 Å². The molecule has 35 heavy (non-hydrogen) atoms. The maximum Gasteiger partial charge on any atom is 0.254 e. The van der Waals surface area contributed by atoms with Crippen LogP contribution >= 0.6 is 0 Å². The van der Waals surface area contributed by atoms with Gasteiger partial charge in [0.15, 0.2) is 5.52 Å². The number of hydrogen-bond acceptors (Lipinski definition) is 0. The maximum absolute atomic E-state index is 2.40. The number of benzene rings is 2. The Morgan fingerprint density at radius 2 is 1.20 bits per heavy atom. The maximum atomic E-state index is 2.40. The number of imidazole rings is 1. The SMILES string of the molecule is CC(C)c1cccc(C(C)C)c1-[n+]1cc2cccc(-c3cc(C(C)(C)C)cc(C(C)(C)C)c3)n2c1. The Hall–Kier alpha value is -2.87. The minimum absolute atomic E-state index is 0.0862. The van der Waals surface area contributed by atoms with E-state index < -0.39 is 0 Å². The van der Waals surface area contributed by atoms with Crippen LogP contribution in [0.1, 0.15) is 103 Å². The van der Waals surface area contributed by atoms with E-state index in [1.807, 2.05) is 0 Å². The van der Waals surface area contributed by atoms with Crippen molar-refractivity contribution in [3.05, 3.63) is 89.4 Å². The number of aromatic nitrogens is 2. The summed E-state index contributed by atoms with van der Waals surface area (Å²) in [5.41, 5.74) is 10.7. The summed E-state index contributed by atoms with van der Waals surface area (Å²) in [6.07, 6.45) is 4.56. The van der Waals surface area contributed by atoms with E-state index in [9.17, 15) is 0 Å². The monoisotopic (exact) mass is 467 g/mol. The van der Waals surface area contributed by atoms with Crippen LogP contribution in [0.5, 0.6) is 0 Å². The molecule has 0 saturated carbocycles. The zero-order valence-corrected chi connectivity index (χ0v) is 23.4. The molecule has 2 aromatic heterocycles. The van der Waals surface area contributed by atoms with Crippen molar-refractivity contribution >= 4 is 5.52 Å². The third kappa shape index (κ3) is 4.94. The van der Waals surface area contributed by atoms with Gasteiger partial charge in [-0.3, -0.25) is 0 Å². The quantitative estimate of drug-likeness (QED) is 0.265. The first-order chi connectivity index (χ1) is 16.3. The predicted octanol–water partition coefficient (Wildman–Crippen LogP) is 8.72. The van der Waals surface area contributed by atoms with Crippen molar-refractivity contribution in [1.29, 1.82) is 0 Å². The van der Waals surface area contributed by atoms with Crippen molar-refractivity contribution in [3.63, 3.8) is 0 Å². The molecule has 0 amide bonds. The van der Waals surface area contributed by atoms with Crippen molar-refractivity contribution in [1.82, 2.24) is 4.40 Å². The van der Waals surface area contributed by atoms with E-state index in [1.165, 1.54) is 44.7 Å². The first kappa shape index (κ1) is 25.2. The molecule has 0 fully saturated rings. The molecule has 0 atom stereocenters. The van der Waals surface area contributed by atoms with E-state index >= 15 is 0 Å². The van der Waals surface area contributed by atoms with E-state index in [4.69, 9.17) is 0 Å². The number of nitrogens with zero attached hydrogens (tertiary/aromatic N) is 2. The second-order valence-corrected chi connectivity index (χ2v) is 12.8. The minimum atomic E-state index is 0.0862. The lowest BCUT2D eigenvalue weighted by atomic mass is 9.79. The van der Waals surface area contributed by atoms with E-state index in [1.54, 1.807) is 0 Å². The highest BCUT2D eigenvalue weighted by Gasteiger charge is 2.24. The normalized spacial score (nSPS) is 12.8. The van der Waals surface area contributed by atoms with Crippen molar-refractivity contribution in [3.8, 4) is 16.9 Å². The molecule has 0 bridgehead atoms. The summed E-state index contributed by atoms with van der Waals surface area (Å²) in [7, 11) is 0. The molecule has 0 N–H and O–H groups in total. The summed E-state index contributed by atoms with van der Waals surface area (Å²) in [5.74, 6) is 0.910. The minimum Gasteiger partial charge on any atom is -0.201 e. The van der Waals surface area contributed by atoms with Crippen LogP contribution < -0.4 is 4.57 Å². The Morgan fingerprint density at radius 1 is 0.686 bits per heavy atom. The van der Waals surface area contributed by atoms with Crippen LogP contribution in [0.25, 0.3) is 22.5 Å². The van der Waals surface area contributed by atoms with Gasteiger partial charge in [-0.05, 0) is 58.1 Å². The Balaban J connectivity index is 1.98. The Bertz CT molecular complexity index is 1300. The summed E-state index contributed by atoms with van der Waals surface area (Å²) < 4.78 is 4.71. The predicted molar refractivity (Wildman–Crippen MR) is 150 cm³/mol. The molecular weight excluding hydrogens is 424 g/mol. The van der Waals surface area contributed by atoms with Gasteiger partial charge in [0, 0.05) is 16.7 Å². The molecule has 0 unspecified atom stereocenters. The zero-order valence-electron chi connectivity index (χ0n) is 23.4. The molecule has 4 aromatic rings. The summed E-state index contributed by atoms with van der Waals surface area (Å²) in [6, 6.07) is 20.6. The molecule has 0 saturated heterocycles. The molecular formula is C33H43N2+. The van der Waals surface area contributed by atoms with Gasteiger partial charge >= 0.3 is 0 Å². The summed E-state index contributed by atoms with van der Waals surface area (Å²) >= 11 is 0. The van der Waals surface area contributed by atoms with Gasteiger partial charge in [0.25, 0.3) is 6.33 Å². The second kappa shape index (κ2) is 8.97. The number of hydrogen-bond donors (Lipinski definition) is 0. The van der Waals surface area contributed by atoms with Crippen molar-refractivity contribution in [2.45, 2.75) is 91.9 Å². The van der Waals surface area contributed by atoms with Gasteiger partial charge < -0.3 is 0 Å². The van der Waals surface area contributed by atoms with Gasteiger partial charge in [-0.15, -0.1) is 0 Å². The fraction of sp³-hybridized carbons (Fsp3) is 0.424. The van der Waals surface area contributed by atoms with Gasteiger partial charge in [-0.2, -0.15) is 4.40 Å². The number of fused-ring (bicyclic) bond motifs is 1. The van der Waals surface area contributed by atoms with Crippen LogP contribution in [0.4, 0.5) is 0 Å². The van der Waals surface area contributed by atoms with Crippen LogP contribution in [-0.4, -0.2) is 4.40 Å². The van der Waals surface area contributed by atoms with Gasteiger partial charge in [-0.1, -0.05) is 99.6 Å². The summed E-state index contributed by atoms with van der Waals surface area (Å²) in [4.78, 5) is 0. The fourth-order valence-electron chi connectivity index (χ4n) is 4.88. The molecule has 0 radical (unpaired) electrons. The zero-order chi connectivity index (χ0) is 25.7. The lowest BCUT2D eigenvalue weighted by Crippen LogP contribution is -2.31. The Kier molecular flexibility index (Phi) is 6.47. The molecule has 4 rings (SSSR count). The van der Waals surface area contributed by atoms with Gasteiger partial charge in [0.1, 0.15) is 17.6 Å². The summed E-state index contributed by atoms with van der Waals surface area (Å²) in [6.45, 7) is 23.0. The average molecular weight is 468 g/mol. The number of pyridine rings is 1. The molecule has 0 spiro atoms. The van der Waals surface area contributed by atoms with Crippen LogP contribution in [0, 0.1) is 0 Å². The second-order valence-electron chi connectivity index (χ2n) is 12.8. The Morgan fingerprint density at radius 3 is 1.69 bits per heavy atom. The molecule has 184 valence electrons. The molecule has 0 aliphatic carbocycles. The first-order valence-electron chi connectivity index (χ1n) is 13.1. The largest absolute Gasteiger partial charge is 0.254 e. The molecule has 2 aromatic carbocycles.